The number of piperidine rings is 1. The second-order valence-electron chi connectivity index (χ2n) is 10.6. The standard InChI is InChI=1S/C31H44N2O9/c1-4-17-41-31(36)33-24-21-26(39-18-11-6-7-14-27(34)38-5-2)25(37-3)20-22(24)29(35)32-16-10-8-13-23(32)30(33)42-28-15-9-12-19-40-28/h4,20-21,23,28,30H,1,5-19H2,2-3H3. The predicted molar refractivity (Wildman–Crippen MR) is 155 cm³/mol. The Labute approximate surface area is 248 Å². The third-order valence-electron chi connectivity index (χ3n) is 7.70. The number of esters is 1. The molecule has 0 spiro atoms. The van der Waals surface area contributed by atoms with Gasteiger partial charge in [0.25, 0.3) is 5.91 Å². The molecule has 11 heteroatoms. The lowest BCUT2D eigenvalue weighted by Crippen LogP contribution is -2.57. The lowest BCUT2D eigenvalue weighted by Gasteiger charge is -2.42. The minimum atomic E-state index is -0.819. The van der Waals surface area contributed by atoms with Crippen LogP contribution in [-0.2, 0) is 23.7 Å². The second kappa shape index (κ2) is 15.8. The minimum absolute atomic E-state index is 0.00491. The van der Waals surface area contributed by atoms with Gasteiger partial charge >= 0.3 is 12.1 Å². The quantitative estimate of drug-likeness (QED) is 0.174. The summed E-state index contributed by atoms with van der Waals surface area (Å²) in [6, 6.07) is 2.92. The van der Waals surface area contributed by atoms with Crippen LogP contribution in [0.1, 0.15) is 81.5 Å². The van der Waals surface area contributed by atoms with E-state index >= 15 is 0 Å². The van der Waals surface area contributed by atoms with E-state index in [9.17, 15) is 14.4 Å². The number of ether oxygens (including phenoxy) is 6. The van der Waals surface area contributed by atoms with Gasteiger partial charge in [0, 0.05) is 25.6 Å². The van der Waals surface area contributed by atoms with Gasteiger partial charge in [0.1, 0.15) is 6.61 Å². The van der Waals surface area contributed by atoms with Crippen LogP contribution >= 0.6 is 0 Å². The van der Waals surface area contributed by atoms with Crippen molar-refractivity contribution in [3.05, 3.63) is 30.4 Å². The molecule has 4 rings (SSSR count). The first-order valence-corrected chi connectivity index (χ1v) is 15.1. The van der Waals surface area contributed by atoms with Gasteiger partial charge in [0.2, 0.25) is 0 Å². The second-order valence-corrected chi connectivity index (χ2v) is 10.6. The lowest BCUT2D eigenvalue weighted by atomic mass is 10.00. The van der Waals surface area contributed by atoms with Crippen LogP contribution in [-0.4, -0.2) is 81.5 Å². The molecule has 3 atom stereocenters. The highest BCUT2D eigenvalue weighted by Gasteiger charge is 2.46. The van der Waals surface area contributed by atoms with E-state index in [-0.39, 0.29) is 24.5 Å². The van der Waals surface area contributed by atoms with Gasteiger partial charge in [0.15, 0.2) is 24.0 Å². The highest BCUT2D eigenvalue weighted by Crippen LogP contribution is 2.42. The number of hydrogen-bond acceptors (Lipinski definition) is 9. The van der Waals surface area contributed by atoms with Crippen LogP contribution in [0.3, 0.4) is 0 Å². The summed E-state index contributed by atoms with van der Waals surface area (Å²) >= 11 is 0. The molecule has 232 valence electrons. The number of anilines is 1. The summed E-state index contributed by atoms with van der Waals surface area (Å²) in [4.78, 5) is 42.6. The number of amides is 2. The summed E-state index contributed by atoms with van der Waals surface area (Å²) < 4.78 is 34.7. The Morgan fingerprint density at radius 1 is 1.07 bits per heavy atom. The zero-order valence-corrected chi connectivity index (χ0v) is 24.8. The van der Waals surface area contributed by atoms with Gasteiger partial charge in [-0.05, 0) is 70.8 Å². The maximum atomic E-state index is 14.0. The number of methoxy groups -OCH3 is 1. The monoisotopic (exact) mass is 588 g/mol. The zero-order chi connectivity index (χ0) is 29.9. The van der Waals surface area contributed by atoms with E-state index in [4.69, 9.17) is 28.4 Å². The van der Waals surface area contributed by atoms with Crippen molar-refractivity contribution >= 4 is 23.7 Å². The fraction of sp³-hybridized carbons (Fsp3) is 0.645. The van der Waals surface area contributed by atoms with E-state index in [1.807, 2.05) is 0 Å². The molecule has 2 saturated heterocycles. The molecule has 0 aromatic heterocycles. The van der Waals surface area contributed by atoms with Crippen LogP contribution in [0.2, 0.25) is 0 Å². The molecule has 11 nitrogen and oxygen atoms in total. The molecule has 3 aliphatic rings. The molecule has 0 aliphatic carbocycles. The molecule has 42 heavy (non-hydrogen) atoms. The highest BCUT2D eigenvalue weighted by atomic mass is 16.7. The summed E-state index contributed by atoms with van der Waals surface area (Å²) in [5, 5.41) is 0. The molecule has 0 radical (unpaired) electrons. The molecular weight excluding hydrogens is 544 g/mol. The Hall–Kier alpha value is -3.31. The van der Waals surface area contributed by atoms with Crippen LogP contribution in [0.4, 0.5) is 10.5 Å². The molecule has 3 heterocycles. The largest absolute Gasteiger partial charge is 0.493 e. The first-order chi connectivity index (χ1) is 20.5. The van der Waals surface area contributed by atoms with Gasteiger partial charge in [-0.1, -0.05) is 12.7 Å². The van der Waals surface area contributed by atoms with Gasteiger partial charge in [-0.15, -0.1) is 0 Å². The summed E-state index contributed by atoms with van der Waals surface area (Å²) in [6.45, 7) is 7.33. The van der Waals surface area contributed by atoms with Crippen LogP contribution in [0.15, 0.2) is 24.8 Å². The van der Waals surface area contributed by atoms with Crippen LogP contribution in [0, 0.1) is 0 Å². The van der Waals surface area contributed by atoms with Crippen molar-refractivity contribution < 1.29 is 42.8 Å². The van der Waals surface area contributed by atoms with E-state index in [1.165, 1.54) is 18.1 Å². The van der Waals surface area contributed by atoms with Gasteiger partial charge in [0.05, 0.1) is 37.6 Å². The molecule has 1 aromatic rings. The van der Waals surface area contributed by atoms with Crippen molar-refractivity contribution in [3.63, 3.8) is 0 Å². The molecule has 3 unspecified atom stereocenters. The predicted octanol–water partition coefficient (Wildman–Crippen LogP) is 5.20. The normalized spacial score (nSPS) is 22.0. The first kappa shape index (κ1) is 31.6. The van der Waals surface area contributed by atoms with Crippen molar-refractivity contribution in [2.24, 2.45) is 0 Å². The Morgan fingerprint density at radius 3 is 2.64 bits per heavy atom. The van der Waals surface area contributed by atoms with Crippen molar-refractivity contribution in [3.8, 4) is 11.5 Å². The number of nitrogens with zero attached hydrogens (tertiary/aromatic N) is 2. The van der Waals surface area contributed by atoms with E-state index in [0.29, 0.717) is 81.2 Å². The van der Waals surface area contributed by atoms with Crippen LogP contribution in [0.5, 0.6) is 11.5 Å². The van der Waals surface area contributed by atoms with Gasteiger partial charge in [-0.3, -0.25) is 9.59 Å². The topological polar surface area (TPSA) is 113 Å². The van der Waals surface area contributed by atoms with E-state index in [2.05, 4.69) is 6.58 Å². The fourth-order valence-electron chi connectivity index (χ4n) is 5.65. The zero-order valence-electron chi connectivity index (χ0n) is 24.8. The maximum absolute atomic E-state index is 14.0. The average Bonchev–Trinajstić information content (AvgIpc) is 3.10. The summed E-state index contributed by atoms with van der Waals surface area (Å²) in [7, 11) is 1.52. The highest BCUT2D eigenvalue weighted by molar-refractivity contribution is 6.06. The number of rotatable bonds is 13. The molecule has 2 fully saturated rings. The molecule has 0 bridgehead atoms. The smallest absolute Gasteiger partial charge is 0.416 e. The van der Waals surface area contributed by atoms with Crippen molar-refractivity contribution in [2.75, 3.05) is 45.0 Å². The fourth-order valence-corrected chi connectivity index (χ4v) is 5.65. The van der Waals surface area contributed by atoms with Gasteiger partial charge < -0.3 is 33.3 Å². The summed E-state index contributed by atoms with van der Waals surface area (Å²) in [6.07, 6.45) is 7.12. The molecule has 1 aromatic carbocycles. The molecule has 2 amide bonds. The number of benzene rings is 1. The van der Waals surface area contributed by atoms with Crippen molar-refractivity contribution in [2.45, 2.75) is 89.7 Å². The Kier molecular flexibility index (Phi) is 11.9. The maximum Gasteiger partial charge on any atom is 0.416 e. The van der Waals surface area contributed by atoms with E-state index in [1.54, 1.807) is 24.0 Å². The number of unbranched alkanes of at least 4 members (excludes halogenated alkanes) is 2. The average molecular weight is 589 g/mol. The SMILES string of the molecule is C=CCOC(=O)N1c2cc(OCCCCCC(=O)OCC)c(OC)cc2C(=O)N2CCCCC2C1OC1CCCCO1. The van der Waals surface area contributed by atoms with E-state index < -0.39 is 18.6 Å². The molecule has 0 N–H and O–H groups in total. The van der Waals surface area contributed by atoms with Crippen LogP contribution in [0.25, 0.3) is 0 Å². The molecule has 0 saturated carbocycles. The number of carbonyl (C=O) groups excluding carboxylic acids is 3. The summed E-state index contributed by atoms with van der Waals surface area (Å²) in [5.74, 6) is 0.376. The van der Waals surface area contributed by atoms with Crippen molar-refractivity contribution in [1.29, 1.82) is 0 Å². The van der Waals surface area contributed by atoms with Gasteiger partial charge in [-0.25, -0.2) is 9.69 Å². The van der Waals surface area contributed by atoms with Crippen molar-refractivity contribution in [1.82, 2.24) is 4.90 Å². The Bertz CT molecular complexity index is 1090. The number of carbonyl (C=O) groups is 3. The lowest BCUT2D eigenvalue weighted by molar-refractivity contribution is -0.198. The Morgan fingerprint density at radius 2 is 1.90 bits per heavy atom. The van der Waals surface area contributed by atoms with Crippen LogP contribution < -0.4 is 14.4 Å². The van der Waals surface area contributed by atoms with Gasteiger partial charge in [-0.2, -0.15) is 0 Å². The minimum Gasteiger partial charge on any atom is -0.493 e. The third kappa shape index (κ3) is 7.74. The first-order valence-electron chi connectivity index (χ1n) is 15.1. The summed E-state index contributed by atoms with van der Waals surface area (Å²) in [5.41, 5.74) is 0.647. The third-order valence-corrected chi connectivity index (χ3v) is 7.70. The Balaban J connectivity index is 1.64. The molecular formula is C31H44N2O9. The number of fused-ring (bicyclic) bond motifs is 2. The molecule has 3 aliphatic heterocycles. The van der Waals surface area contributed by atoms with E-state index in [0.717, 1.165) is 32.1 Å². The number of hydrogen-bond donors (Lipinski definition) is 0.